The van der Waals surface area contributed by atoms with Crippen LogP contribution in [-0.2, 0) is 43.6 Å². The fourth-order valence-electron chi connectivity index (χ4n) is 10.8. The summed E-state index contributed by atoms with van der Waals surface area (Å²) >= 11 is 5.57. The Morgan fingerprint density at radius 3 is 1.46 bits per heavy atom. The molecule has 0 saturated carbocycles. The number of nitrogens with zero attached hydrogens (tertiary/aromatic N) is 6. The summed E-state index contributed by atoms with van der Waals surface area (Å²) in [6, 6.07) is 87.0. The number of diazo groups is 3. The SMILES string of the molecule is COc1ccc([N+]#N)cc1.C[S+](C)c1ccc(O)c2ccccc12.C[S+](C)c1cccc(-c2c3ccccc3cc3ccccc23)c1.N#[N+]c1ccccc1.N#[N+]c1ccccc1Cl.O=C(C[S+]1CCCC1)c1ccc2ccccc2c1.O=C(C[S+]1CCCC1)c1ccccc1. The molecule has 12 aromatic carbocycles. The van der Waals surface area contributed by atoms with Crippen molar-refractivity contribution in [1.29, 1.82) is 16.2 Å². The van der Waals surface area contributed by atoms with E-state index in [9.17, 15) is 14.7 Å². The van der Waals surface area contributed by atoms with Gasteiger partial charge < -0.3 is 9.84 Å². The standard InChI is InChI=1S/C22H19S.C16H17OS.C12H12OS.C12H15OS.C7H7N2O.C6H4ClN2.C6H5N2/c1-23(2)19-11-7-10-18(15-19)22-20-12-5-3-8-16(20)14-17-9-4-6-13-21(17)22;17-16(12-18-9-3-4-10-18)15-8-7-13-5-1-2-6-14(13)11-15;1-14(2)12-8-7-11(13)9-5-3-4-6-10(9)12;13-12(10-14-8-4-5-9-14)11-6-2-1-3-7-11;1-10-7-4-2-6(9-8)3-5-7;7-5-3-1-2-4-6(5)9-8;7-8-6-4-2-1-3-5-6/h3-15H,1-2H3;1-2,5-8,11H,3-4,9-10,12H2;3-8H,1-2H3;1-3,6-7H,4-5,8-10H2;2-5H,1H3;1-4H;1-5H/q2*+1;;4*+1/p+1. The number of aromatic hydroxyl groups is 1. The van der Waals surface area contributed by atoms with Crippen molar-refractivity contribution in [2.45, 2.75) is 35.5 Å². The molecule has 0 atom stereocenters. The number of halogens is 1. The number of ketones is 2. The van der Waals surface area contributed by atoms with Crippen LogP contribution in [0.4, 0.5) is 17.1 Å². The van der Waals surface area contributed by atoms with Crippen LogP contribution in [0.25, 0.3) is 69.1 Å². The summed E-state index contributed by atoms with van der Waals surface area (Å²) in [5, 5.41) is 44.6. The number of carbonyl (C=O) groups excluding carboxylic acids is 2. The summed E-state index contributed by atoms with van der Waals surface area (Å²) < 4.78 is 4.89. The Labute approximate surface area is 581 Å². The minimum atomic E-state index is 0.227. The summed E-state index contributed by atoms with van der Waals surface area (Å²) in [5.74, 6) is 8.40. The van der Waals surface area contributed by atoms with E-state index in [-0.39, 0.29) is 21.8 Å². The van der Waals surface area contributed by atoms with Crippen molar-refractivity contribution in [2.24, 2.45) is 0 Å². The van der Waals surface area contributed by atoms with E-state index < -0.39 is 0 Å². The van der Waals surface area contributed by atoms with Gasteiger partial charge in [0.1, 0.15) is 64.6 Å². The average molecular weight is 1370 g/mol. The van der Waals surface area contributed by atoms with Crippen molar-refractivity contribution in [3.05, 3.63) is 298 Å². The number of benzene rings is 12. The van der Waals surface area contributed by atoms with Crippen molar-refractivity contribution in [2.75, 3.05) is 66.6 Å². The molecule has 15 heteroatoms. The van der Waals surface area contributed by atoms with Crippen LogP contribution in [0.3, 0.4) is 0 Å². The maximum absolute atomic E-state index is 12.3. The highest BCUT2D eigenvalue weighted by molar-refractivity contribution is 7.98. The van der Waals surface area contributed by atoms with Gasteiger partial charge in [-0.25, -0.2) is 0 Å². The topological polar surface area (TPSA) is 148 Å². The second-order valence-corrected chi connectivity index (χ2v) is 32.0. The molecule has 2 saturated heterocycles. The van der Waals surface area contributed by atoms with Crippen molar-refractivity contribution in [3.8, 4) is 22.6 Å². The molecule has 0 radical (unpaired) electrons. The molecule has 14 rings (SSSR count). The van der Waals surface area contributed by atoms with E-state index in [1.807, 2.05) is 97.1 Å². The van der Waals surface area contributed by atoms with Crippen LogP contribution < -0.4 is 4.74 Å². The highest BCUT2D eigenvalue weighted by Crippen LogP contribution is 2.37. The lowest BCUT2D eigenvalue weighted by Crippen LogP contribution is -2.17. The van der Waals surface area contributed by atoms with Gasteiger partial charge in [0, 0.05) is 80.1 Å². The van der Waals surface area contributed by atoms with Crippen molar-refractivity contribution in [3.63, 3.8) is 0 Å². The lowest BCUT2D eigenvalue weighted by Gasteiger charge is -2.12. The molecule has 0 unspecified atom stereocenters. The van der Waals surface area contributed by atoms with Gasteiger partial charge in [-0.1, -0.05) is 188 Å². The summed E-state index contributed by atoms with van der Waals surface area (Å²) in [5.41, 5.74) is 5.95. The van der Waals surface area contributed by atoms with Crippen molar-refractivity contribution < 1.29 is 19.4 Å². The van der Waals surface area contributed by atoms with Gasteiger partial charge in [-0.3, -0.25) is 9.59 Å². The van der Waals surface area contributed by atoms with Crippen LogP contribution in [0.2, 0.25) is 5.02 Å². The number of fused-ring (bicyclic) bond motifs is 4. The Morgan fingerprint density at radius 1 is 0.448 bits per heavy atom. The zero-order valence-electron chi connectivity index (χ0n) is 54.8. The van der Waals surface area contributed by atoms with E-state index in [1.165, 1.54) is 102 Å². The zero-order chi connectivity index (χ0) is 68.0. The molecule has 2 fully saturated rings. The Morgan fingerprint density at radius 2 is 0.938 bits per heavy atom. The highest BCUT2D eigenvalue weighted by atomic mass is 35.5. The molecule has 0 bridgehead atoms. The summed E-state index contributed by atoms with van der Waals surface area (Å²) in [7, 11) is 2.84. The number of phenols is 1. The lowest BCUT2D eigenvalue weighted by atomic mass is 9.92. The third-order valence-electron chi connectivity index (χ3n) is 15.8. The number of hydrogen-bond acceptors (Lipinski definition) is 7. The predicted molar refractivity (Wildman–Crippen MR) is 414 cm³/mol. The highest BCUT2D eigenvalue weighted by Gasteiger charge is 2.29. The molecule has 2 aliphatic rings. The molecule has 96 heavy (non-hydrogen) atoms. The Hall–Kier alpha value is -9.43. The second-order valence-electron chi connectivity index (χ2n) is 22.8. The van der Waals surface area contributed by atoms with E-state index >= 15 is 0 Å². The third kappa shape index (κ3) is 21.5. The van der Waals surface area contributed by atoms with Crippen molar-refractivity contribution in [1.82, 2.24) is 0 Å². The molecule has 0 aromatic heterocycles. The molecule has 12 aromatic rings. The monoisotopic (exact) mass is 1360 g/mol. The molecule has 0 spiro atoms. The van der Waals surface area contributed by atoms with Gasteiger partial charge in [0.2, 0.25) is 27.7 Å². The van der Waals surface area contributed by atoms with Gasteiger partial charge >= 0.3 is 17.1 Å². The molecule has 2 heterocycles. The van der Waals surface area contributed by atoms with Gasteiger partial charge in [0.15, 0.2) is 36.2 Å². The number of ether oxygens (including phenoxy) is 1. The van der Waals surface area contributed by atoms with E-state index in [1.54, 1.807) is 73.8 Å². The maximum Gasteiger partial charge on any atom is 0.403 e. The minimum Gasteiger partial charge on any atom is -0.507 e. The Kier molecular flexibility index (Phi) is 28.8. The second kappa shape index (κ2) is 38.2. The van der Waals surface area contributed by atoms with Gasteiger partial charge in [-0.05, 0) is 146 Å². The first-order valence-electron chi connectivity index (χ1n) is 31.5. The normalized spacial score (nSPS) is 12.2. The third-order valence-corrected chi connectivity index (χ3v) is 23.3. The molecule has 1 N–H and O–H groups in total. The zero-order valence-corrected chi connectivity index (χ0v) is 58.9. The molecule has 0 amide bonds. The number of rotatable bonds is 10. The largest absolute Gasteiger partial charge is 0.507 e. The quantitative estimate of drug-likeness (QED) is 0.0620. The Balaban J connectivity index is 0.000000148. The minimum absolute atomic E-state index is 0.227. The van der Waals surface area contributed by atoms with E-state index in [2.05, 4.69) is 143 Å². The van der Waals surface area contributed by atoms with Gasteiger partial charge in [0.05, 0.1) is 7.11 Å². The van der Waals surface area contributed by atoms with Crippen LogP contribution >= 0.6 is 11.6 Å². The fraction of sp³-hybridized carbons (Fsp3) is 0.185. The summed E-state index contributed by atoms with van der Waals surface area (Å²) in [6.45, 7) is 0. The smallest absolute Gasteiger partial charge is 0.403 e. The average Bonchev–Trinajstić information content (AvgIpc) is 1.00. The molecule has 482 valence electrons. The number of phenolic OH excluding ortho intramolecular Hbond substituents is 1. The molecular weight excluding hydrogens is 1280 g/mol. The van der Waals surface area contributed by atoms with Gasteiger partial charge in [-0.2, -0.15) is 0 Å². The molecule has 10 nitrogen and oxygen atoms in total. The van der Waals surface area contributed by atoms with Crippen LogP contribution in [0.15, 0.2) is 277 Å². The number of hydrogen-bond donors (Lipinski definition) is 1. The van der Waals surface area contributed by atoms with Gasteiger partial charge in [-0.15, -0.1) is 0 Å². The predicted octanol–water partition coefficient (Wildman–Crippen LogP) is 21.6. The van der Waals surface area contributed by atoms with Gasteiger partial charge in [0.25, 0.3) is 0 Å². The summed E-state index contributed by atoms with van der Waals surface area (Å²) in [4.78, 5) is 35.7. The molecular formula is C81H80ClN6O4S4+7. The first-order valence-corrected chi connectivity index (χ1v) is 39.4. The van der Waals surface area contributed by atoms with E-state index in [4.69, 9.17) is 32.5 Å². The van der Waals surface area contributed by atoms with E-state index in [0.29, 0.717) is 61.2 Å². The number of carbonyl (C=O) groups is 2. The molecule has 0 aliphatic carbocycles. The number of Topliss-reactive ketones (excluding diaryl/α,β-unsaturated/α-hetero) is 2. The fourth-order valence-corrected chi connectivity index (χ4v) is 17.1. The van der Waals surface area contributed by atoms with Crippen LogP contribution in [0, 0.1) is 16.2 Å². The molecule has 2 aliphatic heterocycles. The lowest BCUT2D eigenvalue weighted by molar-refractivity contribution is 0.101. The summed E-state index contributed by atoms with van der Waals surface area (Å²) in [6.07, 6.45) is 14.2. The van der Waals surface area contributed by atoms with Crippen LogP contribution in [0.5, 0.6) is 11.5 Å². The number of methoxy groups -OCH3 is 1. The first-order chi connectivity index (χ1) is 46.8. The van der Waals surface area contributed by atoms with Crippen LogP contribution in [-0.4, -0.2) is 83.3 Å². The first kappa shape index (κ1) is 72.4. The van der Waals surface area contributed by atoms with Crippen LogP contribution in [0.1, 0.15) is 46.4 Å². The van der Waals surface area contributed by atoms with E-state index in [0.717, 1.165) is 39.2 Å². The Bertz CT molecular complexity index is 4570. The van der Waals surface area contributed by atoms with Crippen molar-refractivity contribution >= 4 is 127 Å². The maximum atomic E-state index is 12.3.